The number of rotatable bonds is 7. The zero-order valence-electron chi connectivity index (χ0n) is 23.6. The Morgan fingerprint density at radius 3 is 2.53 bits per heavy atom. The Morgan fingerprint density at radius 2 is 1.88 bits per heavy atom. The fraction of sp³-hybridized carbons (Fsp3) is 0.448. The first-order chi connectivity index (χ1) is 20.5. The molecule has 3 aromatic rings. The van der Waals surface area contributed by atoms with E-state index in [2.05, 4.69) is 25.3 Å². The van der Waals surface area contributed by atoms with Gasteiger partial charge in [0.05, 0.1) is 22.9 Å². The minimum absolute atomic E-state index is 0.0362. The lowest BCUT2D eigenvalue weighted by molar-refractivity contribution is -0.177. The molecule has 2 atom stereocenters. The lowest BCUT2D eigenvalue weighted by atomic mass is 9.66. The van der Waals surface area contributed by atoms with Gasteiger partial charge in [-0.1, -0.05) is 19.1 Å². The van der Waals surface area contributed by atoms with Gasteiger partial charge in [0, 0.05) is 61.3 Å². The van der Waals surface area contributed by atoms with Crippen molar-refractivity contribution in [3.8, 4) is 11.3 Å². The van der Waals surface area contributed by atoms with Crippen molar-refractivity contribution in [2.24, 2.45) is 11.7 Å². The number of halogens is 4. The maximum absolute atomic E-state index is 17.0. The smallest absolute Gasteiger partial charge is 0.396 e. The number of benzene rings is 1. The van der Waals surface area contributed by atoms with E-state index in [4.69, 9.17) is 11.5 Å². The van der Waals surface area contributed by atoms with Crippen LogP contribution in [-0.4, -0.2) is 81.0 Å². The van der Waals surface area contributed by atoms with Gasteiger partial charge in [0.2, 0.25) is 0 Å². The van der Waals surface area contributed by atoms with Crippen LogP contribution in [0.3, 0.4) is 0 Å². The Morgan fingerprint density at radius 1 is 1.16 bits per heavy atom. The topological polar surface area (TPSA) is 131 Å². The summed E-state index contributed by atoms with van der Waals surface area (Å²) in [5.74, 6) is -3.08. The van der Waals surface area contributed by atoms with Gasteiger partial charge in [-0.3, -0.25) is 4.90 Å². The molecule has 0 bridgehead atoms. The zero-order valence-corrected chi connectivity index (χ0v) is 23.6. The molecule has 5 N–H and O–H groups in total. The summed E-state index contributed by atoms with van der Waals surface area (Å²) in [6, 6.07) is 1.86. The van der Waals surface area contributed by atoms with Crippen LogP contribution in [0, 0.1) is 11.7 Å². The summed E-state index contributed by atoms with van der Waals surface area (Å²) in [5, 5.41) is 7.37. The van der Waals surface area contributed by atoms with Crippen molar-refractivity contribution in [3.63, 3.8) is 0 Å². The number of likely N-dealkylation sites (N-methyl/N-ethyl adjacent to an activating group) is 1. The van der Waals surface area contributed by atoms with Gasteiger partial charge in [-0.2, -0.15) is 18.3 Å². The molecule has 6 rings (SSSR count). The third kappa shape index (κ3) is 5.33. The molecule has 1 aliphatic heterocycles. The van der Waals surface area contributed by atoms with E-state index in [-0.39, 0.29) is 40.8 Å². The van der Waals surface area contributed by atoms with Gasteiger partial charge >= 0.3 is 12.2 Å². The highest BCUT2D eigenvalue weighted by atomic mass is 19.4. The average molecular weight is 600 g/mol. The fourth-order valence-corrected chi connectivity index (χ4v) is 6.30. The maximum atomic E-state index is 17.0. The number of carbonyl (C=O) groups excluding carboxylic acids is 1. The highest BCUT2D eigenvalue weighted by Gasteiger charge is 2.55. The molecule has 1 saturated heterocycles. The lowest BCUT2D eigenvalue weighted by Gasteiger charge is -2.46. The highest BCUT2D eigenvalue weighted by molar-refractivity contribution is 5.94. The lowest BCUT2D eigenvalue weighted by Crippen LogP contribution is -2.55. The zero-order chi connectivity index (χ0) is 30.5. The standard InChI is InChI=1S/C29H33F4N9O/c1-2-40-9-11-41(12-10-40)15-28(8-7-17(38-27(35)43)13-22(28)29(31,32)33)20-5-6-21(34)23(24(20)30)25-19-14-36-16-37-26(19)42(39-25)18-3-4-18/h5-8,13-14,16,18,22H,2-4,9-12,15,34H2,1H3,(H3,35,38,43). The van der Waals surface area contributed by atoms with Crippen molar-refractivity contribution in [2.45, 2.75) is 37.4 Å². The van der Waals surface area contributed by atoms with Gasteiger partial charge in [0.15, 0.2) is 5.65 Å². The molecule has 228 valence electrons. The molecule has 43 heavy (non-hydrogen) atoms. The van der Waals surface area contributed by atoms with Crippen LogP contribution < -0.4 is 16.8 Å². The van der Waals surface area contributed by atoms with Crippen LogP contribution in [0.1, 0.15) is 31.4 Å². The van der Waals surface area contributed by atoms with Crippen molar-refractivity contribution in [1.82, 2.24) is 34.9 Å². The fourth-order valence-electron chi connectivity index (χ4n) is 6.30. The molecule has 2 fully saturated rings. The normalized spacial score (nSPS) is 23.5. The van der Waals surface area contributed by atoms with Crippen molar-refractivity contribution >= 4 is 22.8 Å². The SMILES string of the molecule is CCN1CCN(CC2(c3ccc(N)c(-c4nn(C5CC5)c5ncncc45)c3F)C=CC(NC(N)=O)=CC2C(F)(F)F)CC1. The molecule has 3 aliphatic rings. The van der Waals surface area contributed by atoms with E-state index in [1.807, 2.05) is 11.8 Å². The number of hydrogen-bond acceptors (Lipinski definition) is 7. The molecule has 10 nitrogen and oxygen atoms in total. The number of alkyl halides is 3. The predicted octanol–water partition coefficient (Wildman–Crippen LogP) is 3.73. The molecule has 0 spiro atoms. The van der Waals surface area contributed by atoms with E-state index in [1.165, 1.54) is 36.8 Å². The first-order valence-electron chi connectivity index (χ1n) is 14.3. The second kappa shape index (κ2) is 10.9. The first kappa shape index (κ1) is 29.1. The summed E-state index contributed by atoms with van der Waals surface area (Å²) in [5.41, 5.74) is 10.0. The van der Waals surface area contributed by atoms with Crippen molar-refractivity contribution in [1.29, 1.82) is 0 Å². The third-order valence-corrected chi connectivity index (χ3v) is 8.66. The first-order valence-corrected chi connectivity index (χ1v) is 14.3. The van der Waals surface area contributed by atoms with E-state index in [1.54, 1.807) is 4.68 Å². The number of primary amides is 1. The van der Waals surface area contributed by atoms with Gasteiger partial charge in [-0.25, -0.2) is 23.8 Å². The molecule has 1 saturated carbocycles. The van der Waals surface area contributed by atoms with Gasteiger partial charge in [0.1, 0.15) is 17.8 Å². The number of aromatic nitrogens is 4. The summed E-state index contributed by atoms with van der Waals surface area (Å²) in [4.78, 5) is 24.1. The van der Waals surface area contributed by atoms with Crippen LogP contribution in [0.15, 0.2) is 48.6 Å². The van der Waals surface area contributed by atoms with Crippen molar-refractivity contribution in [3.05, 3.63) is 60.0 Å². The van der Waals surface area contributed by atoms with Gasteiger partial charge < -0.3 is 21.7 Å². The highest BCUT2D eigenvalue weighted by Crippen LogP contribution is 2.50. The maximum Gasteiger partial charge on any atom is 0.396 e. The molecule has 1 aromatic carbocycles. The number of allylic oxidation sites excluding steroid dienone is 2. The summed E-state index contributed by atoms with van der Waals surface area (Å²) in [7, 11) is 0. The predicted molar refractivity (Wildman–Crippen MR) is 153 cm³/mol. The van der Waals surface area contributed by atoms with E-state index in [9.17, 15) is 4.79 Å². The minimum Gasteiger partial charge on any atom is -0.398 e. The summed E-state index contributed by atoms with van der Waals surface area (Å²) in [6.45, 7) is 5.13. The van der Waals surface area contributed by atoms with Gasteiger partial charge in [-0.05, 0) is 37.6 Å². The number of carbonyl (C=O) groups is 1. The monoisotopic (exact) mass is 599 g/mol. The Labute approximate surface area is 245 Å². The Hall–Kier alpha value is -4.04. The molecule has 3 heterocycles. The number of fused-ring (bicyclic) bond motifs is 1. The molecule has 2 aliphatic carbocycles. The number of nitrogens with two attached hydrogens (primary N) is 2. The average Bonchev–Trinajstić information content (AvgIpc) is 3.74. The van der Waals surface area contributed by atoms with E-state index in [0.29, 0.717) is 37.2 Å². The number of nitrogens with one attached hydrogen (secondary N) is 1. The largest absolute Gasteiger partial charge is 0.398 e. The number of anilines is 1. The molecule has 14 heteroatoms. The van der Waals surface area contributed by atoms with Crippen LogP contribution in [0.2, 0.25) is 0 Å². The van der Waals surface area contributed by atoms with Crippen molar-refractivity contribution in [2.75, 3.05) is 45.0 Å². The van der Waals surface area contributed by atoms with E-state index < -0.39 is 29.4 Å². The van der Waals surface area contributed by atoms with Crippen LogP contribution in [-0.2, 0) is 5.41 Å². The Balaban J connectivity index is 1.53. The van der Waals surface area contributed by atoms with Crippen LogP contribution >= 0.6 is 0 Å². The van der Waals surface area contributed by atoms with Gasteiger partial charge in [0.25, 0.3) is 0 Å². The van der Waals surface area contributed by atoms with Crippen LogP contribution in [0.5, 0.6) is 0 Å². The van der Waals surface area contributed by atoms with Crippen LogP contribution in [0.25, 0.3) is 22.3 Å². The summed E-state index contributed by atoms with van der Waals surface area (Å²) < 4.78 is 63.8. The number of piperazine rings is 1. The molecule has 2 unspecified atom stereocenters. The molecule has 0 radical (unpaired) electrons. The van der Waals surface area contributed by atoms with Gasteiger partial charge in [-0.15, -0.1) is 0 Å². The second-order valence-electron chi connectivity index (χ2n) is 11.4. The minimum atomic E-state index is -4.80. The second-order valence-corrected chi connectivity index (χ2v) is 11.4. The molecule has 2 aromatic heterocycles. The Kier molecular flexibility index (Phi) is 7.37. The number of urea groups is 1. The van der Waals surface area contributed by atoms with Crippen molar-refractivity contribution < 1.29 is 22.4 Å². The van der Waals surface area contributed by atoms with E-state index >= 15 is 17.6 Å². The molecular weight excluding hydrogens is 566 g/mol. The quantitative estimate of drug-likeness (QED) is 0.279. The number of hydrogen-bond donors (Lipinski definition) is 3. The molecule has 2 amide bonds. The number of nitrogen functional groups attached to an aromatic ring is 1. The number of amides is 2. The number of nitrogens with zero attached hydrogens (tertiary/aromatic N) is 6. The molecular formula is C29H33F4N9O. The Bertz CT molecular complexity index is 1610. The van der Waals surface area contributed by atoms with E-state index in [0.717, 1.165) is 25.5 Å². The third-order valence-electron chi connectivity index (χ3n) is 8.66. The van der Waals surface area contributed by atoms with Crippen LogP contribution in [0.4, 0.5) is 28.0 Å². The summed E-state index contributed by atoms with van der Waals surface area (Å²) in [6.07, 6.45) is 3.47. The summed E-state index contributed by atoms with van der Waals surface area (Å²) >= 11 is 0.